The van der Waals surface area contributed by atoms with Crippen LogP contribution in [0.5, 0.6) is 0 Å². The van der Waals surface area contributed by atoms with E-state index in [0.29, 0.717) is 0 Å². The number of nitro benzene ring substituents is 1. The maximum absolute atomic E-state index is 10.1. The molecule has 3 nitrogen and oxygen atoms in total. The van der Waals surface area contributed by atoms with E-state index < -0.39 is 4.92 Å². The minimum absolute atomic E-state index is 0.139. The second-order valence-electron chi connectivity index (χ2n) is 1.73. The van der Waals surface area contributed by atoms with E-state index in [2.05, 4.69) is 22.6 Å². The molecule has 14 heavy (non-hydrogen) atoms. The van der Waals surface area contributed by atoms with Crippen LogP contribution >= 0.6 is 22.6 Å². The summed E-state index contributed by atoms with van der Waals surface area (Å²) in [5, 5.41) is 10.1. The summed E-state index contributed by atoms with van der Waals surface area (Å²) in [6, 6.07) is 6.39. The molecule has 0 saturated carbocycles. The van der Waals surface area contributed by atoms with E-state index in [-0.39, 0.29) is 5.69 Å². The fourth-order valence-corrected chi connectivity index (χ4v) is 0.922. The van der Waals surface area contributed by atoms with E-state index in [0.717, 1.165) is 3.57 Å². The van der Waals surface area contributed by atoms with Crippen LogP contribution in [0.2, 0.25) is 0 Å². The van der Waals surface area contributed by atoms with Gasteiger partial charge in [0.05, 0.1) is 4.92 Å². The Kier molecular flexibility index (Phi) is 11.8. The molecule has 4 heteroatoms. The fraction of sp³-hybridized carbons (Fsp3) is 0.400. The summed E-state index contributed by atoms with van der Waals surface area (Å²) < 4.78 is 1.00. The van der Waals surface area contributed by atoms with Crippen molar-refractivity contribution in [2.45, 2.75) is 27.7 Å². The number of non-ortho nitro benzene ring substituents is 1. The van der Waals surface area contributed by atoms with Crippen LogP contribution in [0.3, 0.4) is 0 Å². The Morgan fingerprint density at radius 3 is 1.71 bits per heavy atom. The van der Waals surface area contributed by atoms with Crippen LogP contribution < -0.4 is 0 Å². The third kappa shape index (κ3) is 6.82. The number of rotatable bonds is 1. The monoisotopic (exact) mass is 309 g/mol. The van der Waals surface area contributed by atoms with Gasteiger partial charge in [-0.15, -0.1) is 0 Å². The first-order chi connectivity index (χ1) is 6.70. The quantitative estimate of drug-likeness (QED) is 0.442. The minimum atomic E-state index is -0.407. The molecule has 0 saturated heterocycles. The Balaban J connectivity index is 0. The maximum atomic E-state index is 10.1. The summed E-state index contributed by atoms with van der Waals surface area (Å²) in [5.74, 6) is 0. The summed E-state index contributed by atoms with van der Waals surface area (Å²) in [7, 11) is 0. The summed E-state index contributed by atoms with van der Waals surface area (Å²) in [4.78, 5) is 9.71. The van der Waals surface area contributed by atoms with E-state index in [1.807, 2.05) is 27.7 Å². The minimum Gasteiger partial charge on any atom is -0.258 e. The Hall–Kier alpha value is -0.650. The van der Waals surface area contributed by atoms with Crippen molar-refractivity contribution < 1.29 is 4.92 Å². The van der Waals surface area contributed by atoms with E-state index in [9.17, 15) is 10.1 Å². The highest BCUT2D eigenvalue weighted by molar-refractivity contribution is 14.1. The first-order valence-electron chi connectivity index (χ1n) is 4.60. The highest BCUT2D eigenvalue weighted by Gasteiger charge is 2.01. The molecule has 0 aliphatic carbocycles. The van der Waals surface area contributed by atoms with Crippen LogP contribution in [0.25, 0.3) is 0 Å². The summed E-state index contributed by atoms with van der Waals surface area (Å²) in [6.45, 7) is 8.00. The number of hydrogen-bond acceptors (Lipinski definition) is 2. The molecule has 0 bridgehead atoms. The van der Waals surface area contributed by atoms with Gasteiger partial charge in [-0.05, 0) is 34.7 Å². The smallest absolute Gasteiger partial charge is 0.258 e. The Morgan fingerprint density at radius 1 is 1.07 bits per heavy atom. The van der Waals surface area contributed by atoms with Crippen molar-refractivity contribution in [1.29, 1.82) is 0 Å². The summed E-state index contributed by atoms with van der Waals surface area (Å²) in [6.07, 6.45) is 0. The fourth-order valence-electron chi connectivity index (χ4n) is 0.563. The number of benzene rings is 1. The normalized spacial score (nSPS) is 7.50. The van der Waals surface area contributed by atoms with Crippen LogP contribution in [-0.2, 0) is 0 Å². The number of nitro groups is 1. The van der Waals surface area contributed by atoms with Crippen molar-refractivity contribution in [2.75, 3.05) is 0 Å². The van der Waals surface area contributed by atoms with Gasteiger partial charge in [-0.1, -0.05) is 27.7 Å². The van der Waals surface area contributed by atoms with Crippen LogP contribution in [0.4, 0.5) is 5.69 Å². The van der Waals surface area contributed by atoms with Crippen LogP contribution in [0.15, 0.2) is 24.3 Å². The van der Waals surface area contributed by atoms with Gasteiger partial charge in [-0.3, -0.25) is 10.1 Å². The average Bonchev–Trinajstić information content (AvgIpc) is 2.24. The van der Waals surface area contributed by atoms with Gasteiger partial charge in [-0.2, -0.15) is 0 Å². The molecule has 0 unspecified atom stereocenters. The van der Waals surface area contributed by atoms with Crippen molar-refractivity contribution in [3.63, 3.8) is 0 Å². The zero-order valence-corrected chi connectivity index (χ0v) is 11.1. The molecule has 0 aliphatic rings. The van der Waals surface area contributed by atoms with Gasteiger partial charge < -0.3 is 0 Å². The third-order valence-corrected chi connectivity index (χ3v) is 1.76. The molecule has 0 spiro atoms. The van der Waals surface area contributed by atoms with Crippen LogP contribution in [0.1, 0.15) is 27.7 Å². The van der Waals surface area contributed by atoms with Crippen molar-refractivity contribution >= 4 is 28.3 Å². The Morgan fingerprint density at radius 2 is 1.43 bits per heavy atom. The predicted molar refractivity (Wildman–Crippen MR) is 68.5 cm³/mol. The SMILES string of the molecule is CC.CC.O=[N+]([O-])c1ccc(I)cc1. The Bertz CT molecular complexity index is 247. The zero-order chi connectivity index (χ0) is 11.6. The first kappa shape index (κ1) is 15.8. The first-order valence-corrected chi connectivity index (χ1v) is 5.68. The van der Waals surface area contributed by atoms with Crippen molar-refractivity contribution in [2.24, 2.45) is 0 Å². The maximum Gasteiger partial charge on any atom is 0.269 e. The van der Waals surface area contributed by atoms with Crippen molar-refractivity contribution in [1.82, 2.24) is 0 Å². The van der Waals surface area contributed by atoms with Gasteiger partial charge in [0.15, 0.2) is 0 Å². The predicted octanol–water partition coefficient (Wildman–Crippen LogP) is 4.25. The molecule has 0 aromatic heterocycles. The lowest BCUT2D eigenvalue weighted by Gasteiger charge is -1.88. The molecule has 1 aromatic carbocycles. The molecule has 0 heterocycles. The molecule has 0 radical (unpaired) electrons. The summed E-state index contributed by atoms with van der Waals surface area (Å²) >= 11 is 2.10. The van der Waals surface area contributed by atoms with Crippen LogP contribution in [-0.4, -0.2) is 4.92 Å². The molecule has 1 rings (SSSR count). The topological polar surface area (TPSA) is 43.1 Å². The second-order valence-corrected chi connectivity index (χ2v) is 2.98. The molecule has 0 amide bonds. The van der Waals surface area contributed by atoms with Gasteiger partial charge in [0, 0.05) is 15.7 Å². The average molecular weight is 309 g/mol. The van der Waals surface area contributed by atoms with Gasteiger partial charge in [0.1, 0.15) is 0 Å². The van der Waals surface area contributed by atoms with Crippen molar-refractivity contribution in [3.8, 4) is 0 Å². The largest absolute Gasteiger partial charge is 0.269 e. The van der Waals surface area contributed by atoms with Gasteiger partial charge in [0.25, 0.3) is 5.69 Å². The number of hydrogen-bond donors (Lipinski definition) is 0. The third-order valence-electron chi connectivity index (χ3n) is 1.04. The molecule has 80 valence electrons. The number of nitrogens with zero attached hydrogens (tertiary/aromatic N) is 1. The second kappa shape index (κ2) is 10.4. The molecule has 0 N–H and O–H groups in total. The molecule has 0 fully saturated rings. The van der Waals surface area contributed by atoms with E-state index in [4.69, 9.17) is 0 Å². The highest BCUT2D eigenvalue weighted by atomic mass is 127. The molecule has 1 aromatic rings. The molecular weight excluding hydrogens is 293 g/mol. The molecule has 0 atom stereocenters. The molecular formula is C10H16INO2. The Labute approximate surface area is 98.8 Å². The van der Waals surface area contributed by atoms with Gasteiger partial charge in [-0.25, -0.2) is 0 Å². The highest BCUT2D eigenvalue weighted by Crippen LogP contribution is 2.12. The standard InChI is InChI=1S/C6H4INO2.2C2H6/c7-5-1-3-6(4-2-5)8(9)10;2*1-2/h1-4H;2*1-2H3. The zero-order valence-electron chi connectivity index (χ0n) is 8.95. The lowest BCUT2D eigenvalue weighted by atomic mass is 10.3. The van der Waals surface area contributed by atoms with Gasteiger partial charge >= 0.3 is 0 Å². The molecule has 0 aliphatic heterocycles. The number of halogens is 1. The van der Waals surface area contributed by atoms with E-state index >= 15 is 0 Å². The van der Waals surface area contributed by atoms with E-state index in [1.165, 1.54) is 12.1 Å². The lowest BCUT2D eigenvalue weighted by molar-refractivity contribution is -0.384. The van der Waals surface area contributed by atoms with E-state index in [1.54, 1.807) is 12.1 Å². The van der Waals surface area contributed by atoms with Gasteiger partial charge in [0.2, 0.25) is 0 Å². The van der Waals surface area contributed by atoms with Crippen molar-refractivity contribution in [3.05, 3.63) is 37.9 Å². The van der Waals surface area contributed by atoms with Crippen LogP contribution in [0, 0.1) is 13.7 Å². The summed E-state index contributed by atoms with van der Waals surface area (Å²) in [5.41, 5.74) is 0.139. The lowest BCUT2D eigenvalue weighted by Crippen LogP contribution is -1.86.